The zero-order chi connectivity index (χ0) is 37.7. The Kier molecular flexibility index (Phi) is 11.3. The highest BCUT2D eigenvalue weighted by Crippen LogP contribution is 2.56. The number of likely N-dealkylation sites (N-methyl/N-ethyl adjacent to an activating group) is 1. The predicted octanol–water partition coefficient (Wildman–Crippen LogP) is 5.66. The van der Waals surface area contributed by atoms with Crippen LogP contribution in [0, 0.1) is 11.8 Å². The Balaban J connectivity index is 1.35. The monoisotopic (exact) mass is 717 g/mol. The number of allylic oxidation sites excluding steroid dienone is 1. The minimum absolute atomic E-state index is 0.107. The van der Waals surface area contributed by atoms with Gasteiger partial charge in [-0.05, 0) is 42.2 Å². The van der Waals surface area contributed by atoms with Crippen molar-refractivity contribution in [1.29, 1.82) is 0 Å². The molecule has 0 N–H and O–H groups in total. The Morgan fingerprint density at radius 3 is 2.28 bits per heavy atom. The fourth-order valence-corrected chi connectivity index (χ4v) is 7.80. The van der Waals surface area contributed by atoms with Gasteiger partial charge in [-0.15, -0.1) is 13.2 Å². The van der Waals surface area contributed by atoms with Crippen LogP contribution in [0.4, 0.5) is 0 Å². The van der Waals surface area contributed by atoms with Gasteiger partial charge in [0.15, 0.2) is 0 Å². The Morgan fingerprint density at radius 2 is 1.64 bits per heavy atom. The summed E-state index contributed by atoms with van der Waals surface area (Å²) in [7, 11) is 3.27. The summed E-state index contributed by atoms with van der Waals surface area (Å²) in [5.74, 6) is -2.80. The largest absolute Gasteiger partial charge is 0.497 e. The Hall–Kier alpha value is -5.48. The molecule has 0 saturated carbocycles. The molecule has 0 radical (unpaired) electrons. The lowest BCUT2D eigenvalue weighted by molar-refractivity contribution is -0.164. The van der Waals surface area contributed by atoms with Crippen LogP contribution in [-0.4, -0.2) is 82.9 Å². The Morgan fingerprint density at radius 1 is 0.962 bits per heavy atom. The third-order valence-corrected chi connectivity index (χ3v) is 10.6. The van der Waals surface area contributed by atoms with Crippen molar-refractivity contribution in [2.45, 2.75) is 62.7 Å². The first-order valence-electron chi connectivity index (χ1n) is 18.0. The van der Waals surface area contributed by atoms with Gasteiger partial charge in [-0.25, -0.2) is 0 Å². The van der Waals surface area contributed by atoms with Crippen molar-refractivity contribution in [3.05, 3.63) is 139 Å². The summed E-state index contributed by atoms with van der Waals surface area (Å²) in [4.78, 5) is 62.0. The Labute approximate surface area is 311 Å². The highest BCUT2D eigenvalue weighted by Gasteiger charge is 2.73. The molecule has 3 aliphatic heterocycles. The topological polar surface area (TPSA) is 106 Å². The van der Waals surface area contributed by atoms with Gasteiger partial charge in [0.1, 0.15) is 29.4 Å². The van der Waals surface area contributed by atoms with E-state index in [9.17, 15) is 19.2 Å². The molecule has 10 heteroatoms. The van der Waals surface area contributed by atoms with Crippen LogP contribution in [0.5, 0.6) is 5.75 Å². The number of carbonyl (C=O) groups is 4. The maximum absolute atomic E-state index is 14.8. The fraction of sp³-hybridized carbons (Fsp3) is 0.349. The van der Waals surface area contributed by atoms with Crippen LogP contribution in [0.3, 0.4) is 0 Å². The van der Waals surface area contributed by atoms with E-state index in [-0.39, 0.29) is 37.2 Å². The van der Waals surface area contributed by atoms with E-state index in [0.29, 0.717) is 24.3 Å². The summed E-state index contributed by atoms with van der Waals surface area (Å²) in [5.41, 5.74) is 1.01. The molecule has 0 aliphatic carbocycles. The van der Waals surface area contributed by atoms with Gasteiger partial charge in [0, 0.05) is 33.1 Å². The van der Waals surface area contributed by atoms with Crippen molar-refractivity contribution < 1.29 is 33.4 Å². The van der Waals surface area contributed by atoms with Crippen LogP contribution < -0.4 is 4.74 Å². The third-order valence-electron chi connectivity index (χ3n) is 10.6. The van der Waals surface area contributed by atoms with Gasteiger partial charge in [0.2, 0.25) is 17.7 Å². The van der Waals surface area contributed by atoms with E-state index >= 15 is 0 Å². The number of amides is 3. The van der Waals surface area contributed by atoms with Crippen LogP contribution in [0.25, 0.3) is 0 Å². The van der Waals surface area contributed by atoms with Crippen molar-refractivity contribution in [3.63, 3.8) is 0 Å². The molecule has 0 aromatic heterocycles. The van der Waals surface area contributed by atoms with Gasteiger partial charge in [-0.3, -0.25) is 19.2 Å². The van der Waals surface area contributed by atoms with E-state index in [1.54, 1.807) is 65.3 Å². The van der Waals surface area contributed by atoms with Crippen molar-refractivity contribution in [3.8, 4) is 5.75 Å². The summed E-state index contributed by atoms with van der Waals surface area (Å²) >= 11 is 0. The summed E-state index contributed by atoms with van der Waals surface area (Å²) in [6.07, 6.45) is 6.09. The normalized spacial score (nSPS) is 23.5. The maximum atomic E-state index is 14.8. The number of ether oxygens (including phenoxy) is 3. The molecule has 7 atom stereocenters. The molecule has 0 unspecified atom stereocenters. The number of hydrogen-bond donors (Lipinski definition) is 0. The second-order valence-electron chi connectivity index (χ2n) is 13.8. The van der Waals surface area contributed by atoms with Gasteiger partial charge >= 0.3 is 5.97 Å². The molecular formula is C43H47N3O7. The van der Waals surface area contributed by atoms with Crippen LogP contribution in [-0.2, 0) is 41.7 Å². The first kappa shape index (κ1) is 37.3. The fourth-order valence-electron chi connectivity index (χ4n) is 7.80. The lowest BCUT2D eigenvalue weighted by Gasteiger charge is -2.36. The number of methoxy groups -OCH3 is 1. The molecule has 3 amide bonds. The molecule has 2 saturated heterocycles. The Bertz CT molecular complexity index is 1850. The van der Waals surface area contributed by atoms with Crippen LogP contribution >= 0.6 is 0 Å². The molecule has 10 nitrogen and oxygen atoms in total. The molecule has 1 spiro atoms. The first-order chi connectivity index (χ1) is 25.6. The first-order valence-corrected chi connectivity index (χ1v) is 18.0. The summed E-state index contributed by atoms with van der Waals surface area (Å²) in [5, 5.41) is 0. The van der Waals surface area contributed by atoms with Gasteiger partial charge in [-0.2, -0.15) is 0 Å². The molecular weight excluding hydrogens is 670 g/mol. The van der Waals surface area contributed by atoms with E-state index < -0.39 is 47.7 Å². The number of rotatable bonds is 16. The molecule has 276 valence electrons. The number of benzene rings is 3. The molecule has 3 aromatic carbocycles. The lowest BCUT2D eigenvalue weighted by Crippen LogP contribution is -2.55. The van der Waals surface area contributed by atoms with Crippen LogP contribution in [0.1, 0.15) is 42.6 Å². The standard InChI is InChI=1S/C43H47N3O7/c1-6-8-19-35(47)44(4)29(3)38(32-17-13-10-14-18-32)52-42(50)36-34-24-25-43(53-34)37(36)40(48)46(28-31-20-22-33(51-5)23-21-31)39(43)41(49)45(26-7-2)27-30-15-11-9-12-16-30/h6-7,9-18,20-25,29,34,36-39H,1-2,8,19,26-28H2,3-5H3/t29-,34-,36+,37+,38+,39-,43+/m0/s1. The second-order valence-corrected chi connectivity index (χ2v) is 13.8. The molecule has 6 rings (SSSR count). The van der Waals surface area contributed by atoms with Gasteiger partial charge in [0.05, 0.1) is 25.2 Å². The number of esters is 1. The molecule has 3 heterocycles. The zero-order valence-corrected chi connectivity index (χ0v) is 30.5. The average molecular weight is 718 g/mol. The minimum atomic E-state index is -1.41. The minimum Gasteiger partial charge on any atom is -0.497 e. The van der Waals surface area contributed by atoms with Crippen molar-refractivity contribution in [2.75, 3.05) is 20.7 Å². The number of fused-ring (bicyclic) bond motifs is 1. The molecule has 53 heavy (non-hydrogen) atoms. The predicted molar refractivity (Wildman–Crippen MR) is 200 cm³/mol. The lowest BCUT2D eigenvalue weighted by atomic mass is 9.74. The smallest absolute Gasteiger partial charge is 0.313 e. The van der Waals surface area contributed by atoms with Crippen LogP contribution in [0.15, 0.2) is 122 Å². The highest BCUT2D eigenvalue weighted by molar-refractivity contribution is 5.99. The number of carbonyl (C=O) groups excluding carboxylic acids is 4. The zero-order valence-electron chi connectivity index (χ0n) is 30.5. The van der Waals surface area contributed by atoms with E-state index in [1.165, 1.54) is 0 Å². The summed E-state index contributed by atoms with van der Waals surface area (Å²) in [6, 6.07) is 24.6. The van der Waals surface area contributed by atoms with E-state index in [0.717, 1.165) is 11.1 Å². The van der Waals surface area contributed by atoms with Crippen molar-refractivity contribution >= 4 is 23.7 Å². The summed E-state index contributed by atoms with van der Waals surface area (Å²) in [6.45, 7) is 10.1. The van der Waals surface area contributed by atoms with Crippen LogP contribution in [0.2, 0.25) is 0 Å². The quantitative estimate of drug-likeness (QED) is 0.139. The summed E-state index contributed by atoms with van der Waals surface area (Å²) < 4.78 is 18.3. The number of nitrogens with zero attached hydrogens (tertiary/aromatic N) is 3. The number of likely N-dealkylation sites (tertiary alicyclic amines) is 1. The highest BCUT2D eigenvalue weighted by atomic mass is 16.6. The molecule has 2 bridgehead atoms. The molecule has 3 aliphatic rings. The molecule has 2 fully saturated rings. The SMILES string of the molecule is C=CCCC(=O)N(C)[C@@H](C)[C@@H](OC(=O)[C@@H]1[C@@H]2C=C[C@]3(O2)[C@H](C(=O)N(CC=C)Cc2ccccc2)N(Cc2ccc(OC)cc2)C(=O)[C@@H]13)c1ccccc1. The van der Waals surface area contributed by atoms with Gasteiger partial charge < -0.3 is 28.9 Å². The van der Waals surface area contributed by atoms with Crippen molar-refractivity contribution in [2.24, 2.45) is 11.8 Å². The number of hydrogen-bond acceptors (Lipinski definition) is 7. The second kappa shape index (κ2) is 16.0. The van der Waals surface area contributed by atoms with Gasteiger partial charge in [0.25, 0.3) is 0 Å². The van der Waals surface area contributed by atoms with Crippen molar-refractivity contribution in [1.82, 2.24) is 14.7 Å². The molecule has 3 aromatic rings. The van der Waals surface area contributed by atoms with E-state index in [4.69, 9.17) is 14.2 Å². The average Bonchev–Trinajstić information content (AvgIpc) is 3.83. The maximum Gasteiger partial charge on any atom is 0.313 e. The van der Waals surface area contributed by atoms with E-state index in [2.05, 4.69) is 13.2 Å². The third kappa shape index (κ3) is 7.28. The van der Waals surface area contributed by atoms with Gasteiger partial charge in [-0.1, -0.05) is 97.1 Å². The van der Waals surface area contributed by atoms with E-state index in [1.807, 2.05) is 79.7 Å².